The number of nitrogens with two attached hydrogens (primary N) is 1. The van der Waals surface area contributed by atoms with Crippen LogP contribution in [0.25, 0.3) is 0 Å². The third kappa shape index (κ3) is 6.09. The summed E-state index contributed by atoms with van der Waals surface area (Å²) >= 11 is 2.46. The number of benzene rings is 2. The Hall–Kier alpha value is -4.54. The van der Waals surface area contributed by atoms with Crippen molar-refractivity contribution in [1.82, 2.24) is 10.2 Å². The molecule has 1 aliphatic heterocycles. The van der Waals surface area contributed by atoms with Gasteiger partial charge in [-0.05, 0) is 54.3 Å². The van der Waals surface area contributed by atoms with Gasteiger partial charge in [0.1, 0.15) is 23.1 Å². The summed E-state index contributed by atoms with van der Waals surface area (Å²) in [6.45, 7) is 4.05. The van der Waals surface area contributed by atoms with Crippen molar-refractivity contribution >= 4 is 45.6 Å². The maximum absolute atomic E-state index is 13.9. The molecule has 0 bridgehead atoms. The molecule has 1 aromatic heterocycles. The number of ether oxygens (including phenoxy) is 3. The van der Waals surface area contributed by atoms with E-state index in [1.165, 1.54) is 23.1 Å². The van der Waals surface area contributed by atoms with Crippen LogP contribution in [0.1, 0.15) is 38.2 Å². The van der Waals surface area contributed by atoms with Crippen LogP contribution in [0.4, 0.5) is 10.8 Å². The molecule has 1 amide bonds. The second-order valence-electron chi connectivity index (χ2n) is 11.0. The highest BCUT2D eigenvalue weighted by Crippen LogP contribution is 2.52. The van der Waals surface area contributed by atoms with Crippen LogP contribution in [0.3, 0.4) is 0 Å². The van der Waals surface area contributed by atoms with E-state index in [-0.39, 0.29) is 34.3 Å². The Morgan fingerprint density at radius 3 is 2.48 bits per heavy atom. The first-order valence-corrected chi connectivity index (χ1v) is 15.5. The van der Waals surface area contributed by atoms with Crippen molar-refractivity contribution in [2.45, 2.75) is 36.9 Å². The maximum atomic E-state index is 13.9. The number of nitrogens with one attached hydrogen (secondary N) is 1. The SMILES string of the molecule is COc1ccc(NC(=O)CSc2nnc(N3C(N)=C(C#N)C(c4cc(OC)ccc4OC)C4=C3CC(C)(C)CC4=O)s2)cc1. The van der Waals surface area contributed by atoms with Gasteiger partial charge in [-0.3, -0.25) is 14.5 Å². The number of ketones is 1. The molecule has 13 heteroatoms. The summed E-state index contributed by atoms with van der Waals surface area (Å²) in [6, 6.07) is 14.6. The van der Waals surface area contributed by atoms with Crippen molar-refractivity contribution in [2.24, 2.45) is 11.1 Å². The zero-order valence-electron chi connectivity index (χ0n) is 25.0. The number of nitriles is 1. The number of nitrogens with zero attached hydrogens (tertiary/aromatic N) is 4. The van der Waals surface area contributed by atoms with Crippen molar-refractivity contribution in [3.05, 3.63) is 70.7 Å². The Bertz CT molecular complexity index is 1710. The largest absolute Gasteiger partial charge is 0.497 e. The second-order valence-corrected chi connectivity index (χ2v) is 13.2. The third-order valence-electron chi connectivity index (χ3n) is 7.42. The van der Waals surface area contributed by atoms with Gasteiger partial charge in [-0.1, -0.05) is 36.9 Å². The molecule has 5 rings (SSSR count). The molecule has 44 heavy (non-hydrogen) atoms. The summed E-state index contributed by atoms with van der Waals surface area (Å²) in [6.07, 6.45) is 0.824. The lowest BCUT2D eigenvalue weighted by molar-refractivity contribution is -0.118. The van der Waals surface area contributed by atoms with E-state index in [9.17, 15) is 14.9 Å². The van der Waals surface area contributed by atoms with E-state index >= 15 is 0 Å². The minimum absolute atomic E-state index is 0.0781. The molecule has 0 fully saturated rings. The molecule has 1 unspecified atom stereocenters. The molecule has 3 aromatic rings. The predicted octanol–water partition coefficient (Wildman–Crippen LogP) is 5.24. The van der Waals surface area contributed by atoms with Gasteiger partial charge in [-0.2, -0.15) is 5.26 Å². The van der Waals surface area contributed by atoms with Gasteiger partial charge in [0.25, 0.3) is 0 Å². The molecule has 0 saturated carbocycles. The van der Waals surface area contributed by atoms with E-state index in [4.69, 9.17) is 19.9 Å². The van der Waals surface area contributed by atoms with Gasteiger partial charge in [0, 0.05) is 28.9 Å². The van der Waals surface area contributed by atoms with Crippen LogP contribution < -0.4 is 30.2 Å². The highest BCUT2D eigenvalue weighted by molar-refractivity contribution is 8.01. The fraction of sp³-hybridized carbons (Fsp3) is 0.323. The molecule has 2 aromatic carbocycles. The Kier molecular flexibility index (Phi) is 8.85. The molecule has 1 atom stereocenters. The van der Waals surface area contributed by atoms with E-state index in [1.54, 1.807) is 68.7 Å². The van der Waals surface area contributed by atoms with Crippen molar-refractivity contribution in [3.63, 3.8) is 0 Å². The number of rotatable bonds is 9. The van der Waals surface area contributed by atoms with Crippen LogP contribution >= 0.6 is 23.1 Å². The molecule has 2 heterocycles. The monoisotopic (exact) mass is 632 g/mol. The summed E-state index contributed by atoms with van der Waals surface area (Å²) in [5.41, 5.74) is 9.01. The first-order chi connectivity index (χ1) is 21.1. The van der Waals surface area contributed by atoms with Crippen LogP contribution in [-0.2, 0) is 9.59 Å². The lowest BCUT2D eigenvalue weighted by Crippen LogP contribution is -2.42. The predicted molar refractivity (Wildman–Crippen MR) is 169 cm³/mol. The Morgan fingerprint density at radius 1 is 1.11 bits per heavy atom. The van der Waals surface area contributed by atoms with Crippen LogP contribution in [0.2, 0.25) is 0 Å². The molecular formula is C31H32N6O5S2. The van der Waals surface area contributed by atoms with Gasteiger partial charge in [0.15, 0.2) is 10.1 Å². The fourth-order valence-corrected chi connectivity index (χ4v) is 7.13. The van der Waals surface area contributed by atoms with Crippen LogP contribution in [0.5, 0.6) is 17.2 Å². The summed E-state index contributed by atoms with van der Waals surface area (Å²) in [5.74, 6) is 1.00. The van der Waals surface area contributed by atoms with Gasteiger partial charge >= 0.3 is 0 Å². The van der Waals surface area contributed by atoms with Crippen LogP contribution in [0.15, 0.2) is 69.5 Å². The van der Waals surface area contributed by atoms with Crippen molar-refractivity contribution in [3.8, 4) is 23.3 Å². The summed E-state index contributed by atoms with van der Waals surface area (Å²) < 4.78 is 16.8. The fourth-order valence-electron chi connectivity index (χ4n) is 5.45. The second kappa shape index (κ2) is 12.6. The molecular weight excluding hydrogens is 601 g/mol. The number of amides is 1. The number of carbonyl (C=O) groups excluding carboxylic acids is 2. The van der Waals surface area contributed by atoms with Gasteiger partial charge in [0.2, 0.25) is 11.0 Å². The lowest BCUT2D eigenvalue weighted by Gasteiger charge is -2.42. The molecule has 3 N–H and O–H groups in total. The number of thioether (sulfide) groups is 1. The van der Waals surface area contributed by atoms with Crippen LogP contribution in [0, 0.1) is 16.7 Å². The first-order valence-electron chi connectivity index (χ1n) is 13.7. The average Bonchev–Trinajstić information content (AvgIpc) is 3.47. The number of hydrogen-bond donors (Lipinski definition) is 2. The average molecular weight is 633 g/mol. The number of aromatic nitrogens is 2. The Labute approximate surface area is 263 Å². The summed E-state index contributed by atoms with van der Waals surface area (Å²) in [4.78, 5) is 28.2. The highest BCUT2D eigenvalue weighted by Gasteiger charge is 2.46. The van der Waals surface area contributed by atoms with Crippen molar-refractivity contribution in [1.29, 1.82) is 5.26 Å². The lowest BCUT2D eigenvalue weighted by atomic mass is 9.68. The van der Waals surface area contributed by atoms with Gasteiger partial charge < -0.3 is 25.3 Å². The topological polar surface area (TPSA) is 153 Å². The molecule has 2 aliphatic rings. The van der Waals surface area contributed by atoms with E-state index in [0.29, 0.717) is 62.1 Å². The number of methoxy groups -OCH3 is 3. The maximum Gasteiger partial charge on any atom is 0.234 e. The number of carbonyl (C=O) groups is 2. The molecule has 1 aliphatic carbocycles. The minimum Gasteiger partial charge on any atom is -0.497 e. The number of allylic oxidation sites excluding steroid dienone is 3. The summed E-state index contributed by atoms with van der Waals surface area (Å²) in [5, 5.41) is 22.3. The Balaban J connectivity index is 1.48. The smallest absolute Gasteiger partial charge is 0.234 e. The normalized spacial score (nSPS) is 17.6. The van der Waals surface area contributed by atoms with Crippen molar-refractivity contribution in [2.75, 3.05) is 37.3 Å². The third-order valence-corrected chi connectivity index (χ3v) is 9.46. The van der Waals surface area contributed by atoms with E-state index in [2.05, 4.69) is 21.6 Å². The van der Waals surface area contributed by atoms with Crippen LogP contribution in [-0.4, -0.2) is 49.0 Å². The quantitative estimate of drug-likeness (QED) is 0.298. The van der Waals surface area contributed by atoms with E-state index in [0.717, 1.165) is 0 Å². The van der Waals surface area contributed by atoms with Gasteiger partial charge in [-0.15, -0.1) is 10.2 Å². The standard InChI is InChI=1S/C31H32N6O5S2/c1-31(2)13-22-27(23(38)14-31)26(20-12-19(41-4)10-11-24(20)42-5)21(15-32)28(33)37(22)29-35-36-30(44-29)43-16-25(39)34-17-6-8-18(40-3)9-7-17/h6-12,26H,13-14,16,33H2,1-5H3,(H,34,39). The minimum atomic E-state index is -0.747. The zero-order valence-corrected chi connectivity index (χ0v) is 26.6. The molecule has 0 spiro atoms. The van der Waals surface area contributed by atoms with Crippen molar-refractivity contribution < 1.29 is 23.8 Å². The molecule has 0 saturated heterocycles. The van der Waals surface area contributed by atoms with E-state index in [1.807, 2.05) is 13.8 Å². The number of hydrogen-bond acceptors (Lipinski definition) is 12. The number of Topliss-reactive ketones (excluding diaryl/α,β-unsaturated/α-hetero) is 1. The number of anilines is 2. The molecule has 11 nitrogen and oxygen atoms in total. The Morgan fingerprint density at radius 2 is 1.82 bits per heavy atom. The molecule has 0 radical (unpaired) electrons. The highest BCUT2D eigenvalue weighted by atomic mass is 32.2. The van der Waals surface area contributed by atoms with Gasteiger partial charge in [-0.25, -0.2) is 0 Å². The van der Waals surface area contributed by atoms with Gasteiger partial charge in [0.05, 0.1) is 44.6 Å². The molecule has 228 valence electrons. The van der Waals surface area contributed by atoms with E-state index < -0.39 is 5.92 Å². The first kappa shape index (κ1) is 30.9. The summed E-state index contributed by atoms with van der Waals surface area (Å²) in [7, 11) is 4.67. The zero-order chi connectivity index (χ0) is 31.6.